The van der Waals surface area contributed by atoms with E-state index in [4.69, 9.17) is 10.5 Å². The molecule has 0 spiro atoms. The van der Waals surface area contributed by atoms with Gasteiger partial charge >= 0.3 is 0 Å². The molecule has 0 aliphatic heterocycles. The molecule has 19 heavy (non-hydrogen) atoms. The summed E-state index contributed by atoms with van der Waals surface area (Å²) in [6, 6.07) is 5.96. The fourth-order valence-electron chi connectivity index (χ4n) is 1.70. The molecule has 0 fully saturated rings. The third-order valence-corrected chi connectivity index (χ3v) is 3.19. The minimum Gasteiger partial charge on any atom is -0.493 e. The van der Waals surface area contributed by atoms with Gasteiger partial charge in [0, 0.05) is 13.6 Å². The van der Waals surface area contributed by atoms with Crippen molar-refractivity contribution >= 4 is 5.91 Å². The van der Waals surface area contributed by atoms with Gasteiger partial charge in [0.2, 0.25) is 5.91 Å². The average molecular weight is 264 g/mol. The smallest absolute Gasteiger partial charge is 0.225 e. The molecule has 0 heterocycles. The minimum atomic E-state index is 0.0947. The van der Waals surface area contributed by atoms with Crippen LogP contribution in [0, 0.1) is 13.8 Å². The first-order valence-electron chi connectivity index (χ1n) is 6.68. The van der Waals surface area contributed by atoms with Crippen molar-refractivity contribution in [3.05, 3.63) is 29.3 Å². The van der Waals surface area contributed by atoms with Crippen LogP contribution in [0.4, 0.5) is 0 Å². The molecule has 1 rings (SSSR count). The maximum atomic E-state index is 11.8. The Morgan fingerprint density at radius 3 is 2.68 bits per heavy atom. The highest BCUT2D eigenvalue weighted by molar-refractivity contribution is 5.75. The van der Waals surface area contributed by atoms with Crippen LogP contribution >= 0.6 is 0 Å². The van der Waals surface area contributed by atoms with Crippen molar-refractivity contribution < 1.29 is 9.53 Å². The largest absolute Gasteiger partial charge is 0.493 e. The monoisotopic (exact) mass is 264 g/mol. The Balaban J connectivity index is 2.33. The van der Waals surface area contributed by atoms with Gasteiger partial charge in [0.1, 0.15) is 5.75 Å². The maximum absolute atomic E-state index is 11.8. The molecule has 0 aliphatic rings. The molecule has 1 aromatic rings. The van der Waals surface area contributed by atoms with Crippen LogP contribution in [0.2, 0.25) is 0 Å². The van der Waals surface area contributed by atoms with E-state index in [1.54, 1.807) is 11.9 Å². The highest BCUT2D eigenvalue weighted by Gasteiger charge is 2.08. The fraction of sp³-hybridized carbons (Fsp3) is 0.533. The number of carbonyl (C=O) groups is 1. The van der Waals surface area contributed by atoms with E-state index in [9.17, 15) is 4.79 Å². The first kappa shape index (κ1) is 15.5. The number of nitrogens with zero attached hydrogens (tertiary/aromatic N) is 1. The summed E-state index contributed by atoms with van der Waals surface area (Å²) in [6.07, 6.45) is 1.23. The van der Waals surface area contributed by atoms with Gasteiger partial charge in [-0.15, -0.1) is 0 Å². The molecule has 0 saturated carbocycles. The van der Waals surface area contributed by atoms with E-state index in [2.05, 4.69) is 6.92 Å². The van der Waals surface area contributed by atoms with Crippen molar-refractivity contribution in [3.63, 3.8) is 0 Å². The molecule has 106 valence electrons. The molecule has 0 bridgehead atoms. The highest BCUT2D eigenvalue weighted by atomic mass is 16.5. The summed E-state index contributed by atoms with van der Waals surface area (Å²) in [6.45, 7) is 5.84. The van der Waals surface area contributed by atoms with Gasteiger partial charge in [0.25, 0.3) is 0 Å². The Hall–Kier alpha value is -1.55. The quantitative estimate of drug-likeness (QED) is 0.818. The van der Waals surface area contributed by atoms with Gasteiger partial charge in [-0.1, -0.05) is 6.07 Å². The van der Waals surface area contributed by atoms with Gasteiger partial charge in [0.15, 0.2) is 0 Å². The summed E-state index contributed by atoms with van der Waals surface area (Å²) in [5, 5.41) is 0. The fourth-order valence-corrected chi connectivity index (χ4v) is 1.70. The Kier molecular flexibility index (Phi) is 6.36. The van der Waals surface area contributed by atoms with Crippen LogP contribution in [-0.4, -0.2) is 37.6 Å². The predicted molar refractivity (Wildman–Crippen MR) is 77.3 cm³/mol. The van der Waals surface area contributed by atoms with Gasteiger partial charge in [-0.3, -0.25) is 4.79 Å². The van der Waals surface area contributed by atoms with E-state index in [1.165, 1.54) is 11.1 Å². The molecule has 0 atom stereocenters. The van der Waals surface area contributed by atoms with Crippen LogP contribution in [0.15, 0.2) is 18.2 Å². The number of ether oxygens (including phenoxy) is 1. The second-order valence-electron chi connectivity index (χ2n) is 4.80. The number of aryl methyl sites for hydroxylation is 2. The lowest BCUT2D eigenvalue weighted by atomic mass is 10.1. The molecule has 0 aromatic heterocycles. The van der Waals surface area contributed by atoms with E-state index in [0.29, 0.717) is 26.1 Å². The van der Waals surface area contributed by atoms with Crippen LogP contribution in [0.1, 0.15) is 24.0 Å². The number of amides is 1. The molecule has 0 unspecified atom stereocenters. The van der Waals surface area contributed by atoms with Crippen molar-refractivity contribution in [2.75, 3.05) is 26.7 Å². The van der Waals surface area contributed by atoms with Gasteiger partial charge in [-0.2, -0.15) is 0 Å². The lowest BCUT2D eigenvalue weighted by molar-refractivity contribution is -0.130. The Bertz CT molecular complexity index is 419. The molecule has 4 nitrogen and oxygen atoms in total. The minimum absolute atomic E-state index is 0.0947. The molecular weight excluding hydrogens is 240 g/mol. The summed E-state index contributed by atoms with van der Waals surface area (Å²) in [5.74, 6) is 0.915. The van der Waals surface area contributed by atoms with E-state index >= 15 is 0 Å². The zero-order valence-electron chi connectivity index (χ0n) is 12.1. The molecule has 0 aliphatic carbocycles. The Labute approximate surface area is 115 Å². The lowest BCUT2D eigenvalue weighted by Crippen LogP contribution is -2.30. The zero-order chi connectivity index (χ0) is 14.3. The topological polar surface area (TPSA) is 55.6 Å². The van der Waals surface area contributed by atoms with Crippen LogP contribution in [-0.2, 0) is 4.79 Å². The predicted octanol–water partition coefficient (Wildman–Crippen LogP) is 1.88. The lowest BCUT2D eigenvalue weighted by Gasteiger charge is -2.16. The Morgan fingerprint density at radius 2 is 2.05 bits per heavy atom. The first-order chi connectivity index (χ1) is 9.04. The van der Waals surface area contributed by atoms with E-state index in [-0.39, 0.29) is 5.91 Å². The van der Waals surface area contributed by atoms with Crippen molar-refractivity contribution in [3.8, 4) is 5.75 Å². The van der Waals surface area contributed by atoms with E-state index in [0.717, 1.165) is 12.2 Å². The van der Waals surface area contributed by atoms with Crippen LogP contribution in [0.5, 0.6) is 5.75 Å². The summed E-state index contributed by atoms with van der Waals surface area (Å²) in [7, 11) is 1.80. The van der Waals surface area contributed by atoms with Gasteiger partial charge in [-0.05, 0) is 50.1 Å². The van der Waals surface area contributed by atoms with Crippen LogP contribution < -0.4 is 10.5 Å². The number of rotatable bonds is 7. The molecular formula is C15H24N2O2. The molecule has 0 radical (unpaired) electrons. The van der Waals surface area contributed by atoms with E-state index < -0.39 is 0 Å². The summed E-state index contributed by atoms with van der Waals surface area (Å²) in [5.41, 5.74) is 7.86. The van der Waals surface area contributed by atoms with Crippen LogP contribution in [0.25, 0.3) is 0 Å². The number of hydrogen-bond acceptors (Lipinski definition) is 3. The second-order valence-corrected chi connectivity index (χ2v) is 4.80. The normalized spacial score (nSPS) is 10.3. The highest BCUT2D eigenvalue weighted by Crippen LogP contribution is 2.16. The molecule has 4 heteroatoms. The standard InChI is InChI=1S/C15H24N2O2/c1-12-5-6-14(11-13(12)2)19-10-7-15(18)17(3)9-4-8-16/h5-6,11H,4,7-10,16H2,1-3H3. The molecule has 2 N–H and O–H groups in total. The summed E-state index contributed by atoms with van der Waals surface area (Å²) < 4.78 is 5.59. The maximum Gasteiger partial charge on any atom is 0.225 e. The number of nitrogens with two attached hydrogens (primary N) is 1. The first-order valence-corrected chi connectivity index (χ1v) is 6.68. The van der Waals surface area contributed by atoms with Crippen molar-refractivity contribution in [2.24, 2.45) is 5.73 Å². The zero-order valence-corrected chi connectivity index (χ0v) is 12.1. The third-order valence-electron chi connectivity index (χ3n) is 3.19. The Morgan fingerprint density at radius 1 is 1.32 bits per heavy atom. The summed E-state index contributed by atoms with van der Waals surface area (Å²) >= 11 is 0. The van der Waals surface area contributed by atoms with Gasteiger partial charge in [0.05, 0.1) is 13.0 Å². The van der Waals surface area contributed by atoms with Crippen molar-refractivity contribution in [2.45, 2.75) is 26.7 Å². The van der Waals surface area contributed by atoms with Crippen molar-refractivity contribution in [1.82, 2.24) is 4.90 Å². The number of hydrogen-bond donors (Lipinski definition) is 1. The molecule has 1 aromatic carbocycles. The SMILES string of the molecule is Cc1ccc(OCCC(=O)N(C)CCCN)cc1C. The molecule has 1 amide bonds. The van der Waals surface area contributed by atoms with Gasteiger partial charge < -0.3 is 15.4 Å². The number of benzene rings is 1. The number of carbonyl (C=O) groups excluding carboxylic acids is 1. The average Bonchev–Trinajstić information content (AvgIpc) is 2.39. The van der Waals surface area contributed by atoms with Gasteiger partial charge in [-0.25, -0.2) is 0 Å². The second kappa shape index (κ2) is 7.79. The molecule has 0 saturated heterocycles. The van der Waals surface area contributed by atoms with E-state index in [1.807, 2.05) is 25.1 Å². The van der Waals surface area contributed by atoms with Crippen molar-refractivity contribution in [1.29, 1.82) is 0 Å². The summed E-state index contributed by atoms with van der Waals surface area (Å²) in [4.78, 5) is 13.5. The van der Waals surface area contributed by atoms with Crippen LogP contribution in [0.3, 0.4) is 0 Å². The third kappa shape index (κ3) is 5.30.